The molecule has 1 N–H and O–H groups in total. The lowest BCUT2D eigenvalue weighted by atomic mass is 10.2. The number of nitrogens with zero attached hydrogens (tertiary/aromatic N) is 1. The Morgan fingerprint density at radius 3 is 3.10 bits per heavy atom. The van der Waals surface area contributed by atoms with Crippen LogP contribution in [-0.4, -0.2) is 29.5 Å². The number of carbonyl (C=O) groups is 1. The molecule has 1 aromatic carbocycles. The van der Waals surface area contributed by atoms with Crippen LogP contribution in [0.25, 0.3) is 10.9 Å². The highest BCUT2D eigenvalue weighted by Crippen LogP contribution is 2.29. The molecule has 2 heterocycles. The topological polar surface area (TPSA) is 43.3 Å². The van der Waals surface area contributed by atoms with Crippen molar-refractivity contribution in [3.05, 3.63) is 30.0 Å². The van der Waals surface area contributed by atoms with Gasteiger partial charge >= 0.3 is 0 Å². The third-order valence-electron chi connectivity index (χ3n) is 3.59. The van der Waals surface area contributed by atoms with Gasteiger partial charge in [-0.2, -0.15) is 0 Å². The van der Waals surface area contributed by atoms with Gasteiger partial charge in [0.25, 0.3) is 5.91 Å². The van der Waals surface area contributed by atoms with Crippen LogP contribution in [0.2, 0.25) is 0 Å². The Kier molecular flexibility index (Phi) is 3.57. The van der Waals surface area contributed by atoms with Crippen LogP contribution in [0.5, 0.6) is 5.75 Å². The van der Waals surface area contributed by atoms with E-state index in [1.807, 2.05) is 24.3 Å². The fourth-order valence-corrected chi connectivity index (χ4v) is 2.73. The van der Waals surface area contributed by atoms with Gasteiger partial charge in [-0.3, -0.25) is 4.79 Å². The van der Waals surface area contributed by atoms with Crippen LogP contribution in [0.1, 0.15) is 29.9 Å². The van der Waals surface area contributed by atoms with E-state index in [1.54, 1.807) is 0 Å². The molecule has 0 aliphatic carbocycles. The minimum absolute atomic E-state index is 0.0103. The van der Waals surface area contributed by atoms with Gasteiger partial charge in [-0.15, -0.1) is 11.6 Å². The Morgan fingerprint density at radius 1 is 1.45 bits per heavy atom. The number of amides is 1. The molecule has 0 unspecified atom stereocenters. The smallest absolute Gasteiger partial charge is 0.268 e. The van der Waals surface area contributed by atoms with Crippen molar-refractivity contribution >= 4 is 28.4 Å². The molecule has 0 radical (unpaired) electrons. The molecule has 1 aliphatic rings. The number of hydrogen-bond donors (Lipinski definition) is 1. The molecule has 1 atom stereocenters. The zero-order valence-electron chi connectivity index (χ0n) is 11.4. The molecule has 0 saturated heterocycles. The molecule has 20 heavy (non-hydrogen) atoms. The number of aromatic nitrogens is 1. The highest BCUT2D eigenvalue weighted by molar-refractivity contribution is 6.17. The van der Waals surface area contributed by atoms with Crippen LogP contribution in [0.15, 0.2) is 24.3 Å². The van der Waals surface area contributed by atoms with Gasteiger partial charge in [-0.25, -0.2) is 0 Å². The zero-order chi connectivity index (χ0) is 14.1. The molecule has 1 amide bonds. The number of benzene rings is 1. The Balaban J connectivity index is 1.98. The Labute approximate surface area is 122 Å². The summed E-state index contributed by atoms with van der Waals surface area (Å²) in [5, 5.41) is 3.93. The van der Waals surface area contributed by atoms with E-state index in [0.29, 0.717) is 19.0 Å². The molecular formula is C15H17ClN2O2. The van der Waals surface area contributed by atoms with Crippen LogP contribution >= 0.6 is 11.6 Å². The van der Waals surface area contributed by atoms with Crippen molar-refractivity contribution in [2.45, 2.75) is 19.4 Å². The number of nitrogens with one attached hydrogen (secondary N) is 1. The summed E-state index contributed by atoms with van der Waals surface area (Å²) in [7, 11) is 0. The largest absolute Gasteiger partial charge is 0.494 e. The zero-order valence-corrected chi connectivity index (χ0v) is 12.1. The SMILES string of the molecule is C[C@@H]1CNC(=O)c2cc3cc(OCCCCl)ccc3n21. The van der Waals surface area contributed by atoms with Crippen LogP contribution in [0, 0.1) is 0 Å². The van der Waals surface area contributed by atoms with Gasteiger partial charge in [-0.05, 0) is 37.6 Å². The second-order valence-electron chi connectivity index (χ2n) is 5.07. The number of fused-ring (bicyclic) bond motifs is 3. The van der Waals surface area contributed by atoms with Crippen molar-refractivity contribution in [3.63, 3.8) is 0 Å². The second-order valence-corrected chi connectivity index (χ2v) is 5.45. The molecule has 4 nitrogen and oxygen atoms in total. The summed E-state index contributed by atoms with van der Waals surface area (Å²) in [6.45, 7) is 3.39. The maximum atomic E-state index is 11.9. The number of ether oxygens (including phenoxy) is 1. The lowest BCUT2D eigenvalue weighted by Crippen LogP contribution is -2.37. The third-order valence-corrected chi connectivity index (χ3v) is 3.86. The molecule has 0 bridgehead atoms. The highest BCUT2D eigenvalue weighted by Gasteiger charge is 2.24. The monoisotopic (exact) mass is 292 g/mol. The first kappa shape index (κ1) is 13.3. The van der Waals surface area contributed by atoms with Gasteiger partial charge in [0.15, 0.2) is 0 Å². The number of alkyl halides is 1. The van der Waals surface area contributed by atoms with Crippen LogP contribution in [-0.2, 0) is 0 Å². The minimum Gasteiger partial charge on any atom is -0.494 e. The summed E-state index contributed by atoms with van der Waals surface area (Å²) in [4.78, 5) is 11.9. The van der Waals surface area contributed by atoms with E-state index in [1.165, 1.54) is 0 Å². The molecular weight excluding hydrogens is 276 g/mol. The summed E-state index contributed by atoms with van der Waals surface area (Å²) >= 11 is 5.64. The van der Waals surface area contributed by atoms with Gasteiger partial charge in [0.1, 0.15) is 11.4 Å². The van der Waals surface area contributed by atoms with E-state index in [9.17, 15) is 4.79 Å². The first-order valence-electron chi connectivity index (χ1n) is 6.82. The maximum Gasteiger partial charge on any atom is 0.268 e. The van der Waals surface area contributed by atoms with Crippen LogP contribution in [0.3, 0.4) is 0 Å². The van der Waals surface area contributed by atoms with Gasteiger partial charge in [0.2, 0.25) is 0 Å². The molecule has 5 heteroatoms. The number of rotatable bonds is 4. The number of carbonyl (C=O) groups excluding carboxylic acids is 1. The van der Waals surface area contributed by atoms with E-state index < -0.39 is 0 Å². The molecule has 1 aliphatic heterocycles. The van der Waals surface area contributed by atoms with E-state index in [4.69, 9.17) is 16.3 Å². The van der Waals surface area contributed by atoms with E-state index >= 15 is 0 Å². The molecule has 106 valence electrons. The van der Waals surface area contributed by atoms with E-state index in [-0.39, 0.29) is 11.9 Å². The maximum absolute atomic E-state index is 11.9. The summed E-state index contributed by atoms with van der Waals surface area (Å²) in [5.41, 5.74) is 1.80. The fraction of sp³-hybridized carbons (Fsp3) is 0.400. The molecule has 0 fully saturated rings. The highest BCUT2D eigenvalue weighted by atomic mass is 35.5. The van der Waals surface area contributed by atoms with Gasteiger partial charge in [-0.1, -0.05) is 0 Å². The summed E-state index contributed by atoms with van der Waals surface area (Å²) in [6.07, 6.45) is 0.825. The first-order valence-corrected chi connectivity index (χ1v) is 7.36. The van der Waals surface area contributed by atoms with Crippen molar-refractivity contribution in [2.24, 2.45) is 0 Å². The molecule has 2 aromatic rings. The van der Waals surface area contributed by atoms with Crippen molar-refractivity contribution in [1.29, 1.82) is 0 Å². The Hall–Kier alpha value is -1.68. The molecule has 1 aromatic heterocycles. The van der Waals surface area contributed by atoms with Gasteiger partial charge < -0.3 is 14.6 Å². The van der Waals surface area contributed by atoms with Crippen molar-refractivity contribution in [2.75, 3.05) is 19.0 Å². The van der Waals surface area contributed by atoms with Gasteiger partial charge in [0.05, 0.1) is 6.61 Å². The van der Waals surface area contributed by atoms with Gasteiger partial charge in [0, 0.05) is 29.4 Å². The number of halogens is 1. The standard InChI is InChI=1S/C15H17ClN2O2/c1-10-9-17-15(19)14-8-11-7-12(20-6-2-5-16)3-4-13(11)18(10)14/h3-4,7-8,10H,2,5-6,9H2,1H3,(H,17,19)/t10-/m1/s1. The fourth-order valence-electron chi connectivity index (χ4n) is 2.62. The lowest BCUT2D eigenvalue weighted by molar-refractivity contribution is 0.0919. The quantitative estimate of drug-likeness (QED) is 0.695. The predicted octanol–water partition coefficient (Wildman–Crippen LogP) is 2.95. The van der Waals surface area contributed by atoms with Crippen LogP contribution in [0.4, 0.5) is 0 Å². The second kappa shape index (κ2) is 5.37. The lowest BCUT2D eigenvalue weighted by Gasteiger charge is -2.24. The number of hydrogen-bond acceptors (Lipinski definition) is 2. The van der Waals surface area contributed by atoms with E-state index in [2.05, 4.69) is 16.8 Å². The van der Waals surface area contributed by atoms with Crippen LogP contribution < -0.4 is 10.1 Å². The predicted molar refractivity (Wildman–Crippen MR) is 79.8 cm³/mol. The van der Waals surface area contributed by atoms with Crippen molar-refractivity contribution in [3.8, 4) is 5.75 Å². The molecule has 0 saturated carbocycles. The summed E-state index contributed by atoms with van der Waals surface area (Å²) < 4.78 is 7.74. The van der Waals surface area contributed by atoms with E-state index in [0.717, 1.165) is 28.8 Å². The summed E-state index contributed by atoms with van der Waals surface area (Å²) in [6, 6.07) is 8.14. The average molecular weight is 293 g/mol. The van der Waals surface area contributed by atoms with Crippen molar-refractivity contribution < 1.29 is 9.53 Å². The first-order chi connectivity index (χ1) is 9.70. The Morgan fingerprint density at radius 2 is 2.30 bits per heavy atom. The Bertz CT molecular complexity index is 651. The third kappa shape index (κ3) is 2.24. The molecule has 3 rings (SSSR count). The normalized spacial score (nSPS) is 17.9. The minimum atomic E-state index is -0.0103. The average Bonchev–Trinajstić information content (AvgIpc) is 2.83. The molecule has 0 spiro atoms. The summed E-state index contributed by atoms with van der Waals surface area (Å²) in [5.74, 6) is 1.41. The van der Waals surface area contributed by atoms with Crippen molar-refractivity contribution in [1.82, 2.24) is 9.88 Å².